The molecule has 0 aromatic heterocycles. The van der Waals surface area contributed by atoms with Gasteiger partial charge in [-0.3, -0.25) is 0 Å². The van der Waals surface area contributed by atoms with E-state index in [9.17, 15) is 10.2 Å². The number of aromatic hydroxyl groups is 1. The Kier molecular flexibility index (Phi) is 4.01. The maximum atomic E-state index is 10.1. The summed E-state index contributed by atoms with van der Waals surface area (Å²) in [4.78, 5) is 0. The molecule has 96 valence electrons. The highest BCUT2D eigenvalue weighted by atomic mass is 16.5. The van der Waals surface area contributed by atoms with E-state index in [1.54, 1.807) is 12.1 Å². The van der Waals surface area contributed by atoms with Crippen LogP contribution in [0.5, 0.6) is 11.5 Å². The Labute approximate surface area is 102 Å². The zero-order chi connectivity index (χ0) is 13.2. The first-order valence-corrected chi connectivity index (χ1v) is 5.58. The molecule has 0 bridgehead atoms. The second-order valence-corrected chi connectivity index (χ2v) is 5.27. The molecule has 0 unspecified atom stereocenters. The summed E-state index contributed by atoms with van der Waals surface area (Å²) in [5.74, 6) is 0.424. The Morgan fingerprint density at radius 2 is 1.88 bits per heavy atom. The average Bonchev–Trinajstić information content (AvgIpc) is 2.25. The number of phenolic OH excluding ortho intramolecular Hbond substituents is 1. The van der Waals surface area contributed by atoms with Gasteiger partial charge in [-0.1, -0.05) is 26.8 Å². The van der Waals surface area contributed by atoms with Crippen LogP contribution in [0.15, 0.2) is 18.2 Å². The summed E-state index contributed by atoms with van der Waals surface area (Å²) >= 11 is 0. The molecule has 0 heterocycles. The van der Waals surface area contributed by atoms with Gasteiger partial charge in [-0.15, -0.1) is 0 Å². The summed E-state index contributed by atoms with van der Waals surface area (Å²) in [5.41, 5.74) is 6.36. The number of methoxy groups -OCH3 is 1. The predicted molar refractivity (Wildman–Crippen MR) is 67.0 cm³/mol. The van der Waals surface area contributed by atoms with Crippen molar-refractivity contribution in [1.29, 1.82) is 0 Å². The molecule has 17 heavy (non-hydrogen) atoms. The van der Waals surface area contributed by atoms with E-state index in [0.717, 1.165) is 0 Å². The number of hydrogen-bond acceptors (Lipinski definition) is 4. The standard InChI is InChI=1S/C13H21NO3/c1-13(2,3)12(16)11(14)8-5-6-10(17-4)9(15)7-8/h5-7,11-12,15-16H,14H2,1-4H3/t11-,12-/m0/s1. The monoisotopic (exact) mass is 239 g/mol. The van der Waals surface area contributed by atoms with Gasteiger partial charge in [0.2, 0.25) is 0 Å². The number of rotatable bonds is 3. The molecule has 4 heteroatoms. The fourth-order valence-corrected chi connectivity index (χ4v) is 1.64. The number of hydrogen-bond donors (Lipinski definition) is 3. The summed E-state index contributed by atoms with van der Waals surface area (Å²) in [5, 5.41) is 19.7. The van der Waals surface area contributed by atoms with E-state index in [2.05, 4.69) is 0 Å². The number of phenols is 1. The van der Waals surface area contributed by atoms with E-state index in [0.29, 0.717) is 11.3 Å². The van der Waals surface area contributed by atoms with E-state index < -0.39 is 12.1 Å². The topological polar surface area (TPSA) is 75.7 Å². The SMILES string of the molecule is COc1ccc([C@H](N)[C@H](O)C(C)(C)C)cc1O. The minimum Gasteiger partial charge on any atom is -0.504 e. The number of aliphatic hydroxyl groups is 1. The van der Waals surface area contributed by atoms with E-state index in [-0.39, 0.29) is 11.2 Å². The molecular formula is C13H21NO3. The quantitative estimate of drug-likeness (QED) is 0.752. The van der Waals surface area contributed by atoms with Gasteiger partial charge < -0.3 is 20.7 Å². The van der Waals surface area contributed by atoms with Crippen molar-refractivity contribution in [2.75, 3.05) is 7.11 Å². The van der Waals surface area contributed by atoms with Crippen molar-refractivity contribution in [2.24, 2.45) is 11.1 Å². The maximum Gasteiger partial charge on any atom is 0.160 e. The van der Waals surface area contributed by atoms with Crippen molar-refractivity contribution < 1.29 is 14.9 Å². The van der Waals surface area contributed by atoms with Gasteiger partial charge in [-0.05, 0) is 23.1 Å². The molecule has 4 N–H and O–H groups in total. The molecule has 0 aliphatic heterocycles. The van der Waals surface area contributed by atoms with Crippen molar-refractivity contribution in [3.05, 3.63) is 23.8 Å². The highest BCUT2D eigenvalue weighted by Gasteiger charge is 2.29. The number of ether oxygens (including phenoxy) is 1. The molecule has 0 aliphatic rings. The van der Waals surface area contributed by atoms with Crippen LogP contribution in [-0.2, 0) is 0 Å². The Hall–Kier alpha value is -1.26. The van der Waals surface area contributed by atoms with Crippen LogP contribution in [0.1, 0.15) is 32.4 Å². The van der Waals surface area contributed by atoms with Gasteiger partial charge in [-0.2, -0.15) is 0 Å². The first-order chi connectivity index (χ1) is 7.77. The lowest BCUT2D eigenvalue weighted by molar-refractivity contribution is 0.0400. The highest BCUT2D eigenvalue weighted by Crippen LogP contribution is 2.33. The summed E-state index contributed by atoms with van der Waals surface area (Å²) < 4.78 is 4.95. The molecule has 0 amide bonds. The molecule has 0 fully saturated rings. The summed E-state index contributed by atoms with van der Waals surface area (Å²) in [6.45, 7) is 5.75. The first kappa shape index (κ1) is 13.8. The Morgan fingerprint density at radius 3 is 2.29 bits per heavy atom. The van der Waals surface area contributed by atoms with Crippen molar-refractivity contribution in [1.82, 2.24) is 0 Å². The van der Waals surface area contributed by atoms with E-state index in [1.807, 2.05) is 20.8 Å². The van der Waals surface area contributed by atoms with Gasteiger partial charge in [-0.25, -0.2) is 0 Å². The van der Waals surface area contributed by atoms with Crippen LogP contribution in [-0.4, -0.2) is 23.4 Å². The minimum atomic E-state index is -0.685. The Balaban J connectivity index is 2.97. The normalized spacial score (nSPS) is 15.4. The fraction of sp³-hybridized carbons (Fsp3) is 0.538. The molecular weight excluding hydrogens is 218 g/mol. The molecule has 0 saturated carbocycles. The predicted octanol–water partition coefficient (Wildman–Crippen LogP) is 1.81. The van der Waals surface area contributed by atoms with E-state index in [4.69, 9.17) is 10.5 Å². The maximum absolute atomic E-state index is 10.1. The lowest BCUT2D eigenvalue weighted by Crippen LogP contribution is -2.36. The minimum absolute atomic E-state index is 0.0292. The second-order valence-electron chi connectivity index (χ2n) is 5.27. The second kappa shape index (κ2) is 4.94. The summed E-state index contributed by atoms with van der Waals surface area (Å²) in [6.07, 6.45) is -0.685. The van der Waals surface area contributed by atoms with Gasteiger partial charge in [0.25, 0.3) is 0 Å². The molecule has 1 aromatic rings. The van der Waals surface area contributed by atoms with Crippen LogP contribution in [0.4, 0.5) is 0 Å². The summed E-state index contributed by atoms with van der Waals surface area (Å²) in [6, 6.07) is 4.38. The summed E-state index contributed by atoms with van der Waals surface area (Å²) in [7, 11) is 1.48. The molecule has 0 spiro atoms. The first-order valence-electron chi connectivity index (χ1n) is 5.58. The Bertz CT molecular complexity index is 385. The van der Waals surface area contributed by atoms with Crippen LogP contribution in [0.3, 0.4) is 0 Å². The van der Waals surface area contributed by atoms with Crippen molar-refractivity contribution >= 4 is 0 Å². The zero-order valence-corrected chi connectivity index (χ0v) is 10.8. The smallest absolute Gasteiger partial charge is 0.160 e. The van der Waals surface area contributed by atoms with Crippen LogP contribution >= 0.6 is 0 Å². The van der Waals surface area contributed by atoms with Crippen LogP contribution in [0.25, 0.3) is 0 Å². The molecule has 1 aromatic carbocycles. The van der Waals surface area contributed by atoms with Crippen molar-refractivity contribution in [3.8, 4) is 11.5 Å². The molecule has 2 atom stereocenters. The highest BCUT2D eigenvalue weighted by molar-refractivity contribution is 5.42. The molecule has 1 rings (SSSR count). The molecule has 0 radical (unpaired) electrons. The third kappa shape index (κ3) is 3.11. The van der Waals surface area contributed by atoms with Gasteiger partial charge in [0.05, 0.1) is 19.3 Å². The number of aliphatic hydroxyl groups excluding tert-OH is 1. The largest absolute Gasteiger partial charge is 0.504 e. The average molecular weight is 239 g/mol. The number of nitrogens with two attached hydrogens (primary N) is 1. The lowest BCUT2D eigenvalue weighted by atomic mass is 9.82. The molecule has 4 nitrogen and oxygen atoms in total. The third-order valence-electron chi connectivity index (χ3n) is 2.82. The van der Waals surface area contributed by atoms with Gasteiger partial charge in [0.1, 0.15) is 0 Å². The van der Waals surface area contributed by atoms with Crippen molar-refractivity contribution in [3.63, 3.8) is 0 Å². The van der Waals surface area contributed by atoms with Gasteiger partial charge in [0.15, 0.2) is 11.5 Å². The van der Waals surface area contributed by atoms with Crippen LogP contribution in [0, 0.1) is 5.41 Å². The zero-order valence-electron chi connectivity index (χ0n) is 10.8. The third-order valence-corrected chi connectivity index (χ3v) is 2.82. The number of benzene rings is 1. The lowest BCUT2D eigenvalue weighted by Gasteiger charge is -2.31. The molecule has 0 saturated heterocycles. The van der Waals surface area contributed by atoms with Gasteiger partial charge in [0, 0.05) is 0 Å². The Morgan fingerprint density at radius 1 is 1.29 bits per heavy atom. The fourth-order valence-electron chi connectivity index (χ4n) is 1.64. The van der Waals surface area contributed by atoms with E-state index >= 15 is 0 Å². The van der Waals surface area contributed by atoms with E-state index in [1.165, 1.54) is 13.2 Å². The van der Waals surface area contributed by atoms with Crippen molar-refractivity contribution in [2.45, 2.75) is 32.9 Å². The van der Waals surface area contributed by atoms with Crippen LogP contribution < -0.4 is 10.5 Å². The van der Waals surface area contributed by atoms with Crippen LogP contribution in [0.2, 0.25) is 0 Å². The molecule has 0 aliphatic carbocycles. The van der Waals surface area contributed by atoms with Gasteiger partial charge >= 0.3 is 0 Å².